The van der Waals surface area contributed by atoms with E-state index in [-0.39, 0.29) is 0 Å². The maximum absolute atomic E-state index is 10.6. The average Bonchev–Trinajstić information content (AvgIpc) is 2.23. The molecule has 0 bridgehead atoms. The fraction of sp³-hybridized carbons (Fsp3) is 0.533. The molecule has 2 heteroatoms. The lowest BCUT2D eigenvalue weighted by atomic mass is 9.70. The summed E-state index contributed by atoms with van der Waals surface area (Å²) in [7, 11) is 0. The van der Waals surface area contributed by atoms with Gasteiger partial charge in [-0.2, -0.15) is 0 Å². The van der Waals surface area contributed by atoms with E-state index in [9.17, 15) is 4.79 Å². The van der Waals surface area contributed by atoms with Crippen molar-refractivity contribution in [3.63, 3.8) is 0 Å². The third kappa shape index (κ3) is 2.87. The maximum Gasteiger partial charge on any atom is 0.303 e. The van der Waals surface area contributed by atoms with E-state index in [0.717, 1.165) is 12.8 Å². The summed E-state index contributed by atoms with van der Waals surface area (Å²) in [4.78, 5) is 10.6. The Kier molecular flexibility index (Phi) is 3.51. The molecule has 1 aliphatic carbocycles. The summed E-state index contributed by atoms with van der Waals surface area (Å²) in [5.74, 6) is 0.886. The molecule has 1 N–H and O–H groups in total. The molecule has 0 spiro atoms. The minimum atomic E-state index is -0.663. The average molecular weight is 232 g/mol. The van der Waals surface area contributed by atoms with E-state index in [4.69, 9.17) is 5.11 Å². The number of carboxylic acids is 1. The molecule has 1 saturated carbocycles. The van der Waals surface area contributed by atoms with Gasteiger partial charge in [-0.15, -0.1) is 0 Å². The molecule has 17 heavy (non-hydrogen) atoms. The number of hydrogen-bond donors (Lipinski definition) is 1. The van der Waals surface area contributed by atoms with Crippen molar-refractivity contribution in [1.82, 2.24) is 0 Å². The predicted molar refractivity (Wildman–Crippen MR) is 68.2 cm³/mol. The predicted octanol–water partition coefficient (Wildman–Crippen LogP) is 3.78. The first-order valence-electron chi connectivity index (χ1n) is 6.38. The summed E-state index contributed by atoms with van der Waals surface area (Å²) < 4.78 is 0. The first-order valence-corrected chi connectivity index (χ1v) is 6.38. The van der Waals surface area contributed by atoms with Crippen LogP contribution in [0.4, 0.5) is 0 Å². The highest BCUT2D eigenvalue weighted by molar-refractivity contribution is 5.67. The van der Waals surface area contributed by atoms with Crippen LogP contribution in [-0.2, 0) is 4.79 Å². The van der Waals surface area contributed by atoms with E-state index in [2.05, 4.69) is 38.1 Å². The van der Waals surface area contributed by atoms with Crippen LogP contribution in [0.25, 0.3) is 0 Å². The van der Waals surface area contributed by atoms with E-state index in [1.807, 2.05) is 0 Å². The van der Waals surface area contributed by atoms with Crippen molar-refractivity contribution in [3.05, 3.63) is 35.4 Å². The molecule has 0 atom stereocenters. The zero-order chi connectivity index (χ0) is 12.4. The Morgan fingerprint density at radius 1 is 1.29 bits per heavy atom. The van der Waals surface area contributed by atoms with Gasteiger partial charge in [0.15, 0.2) is 0 Å². The normalized spacial score (nSPS) is 23.5. The number of hydrogen-bond acceptors (Lipinski definition) is 1. The molecule has 2 rings (SSSR count). The monoisotopic (exact) mass is 232 g/mol. The topological polar surface area (TPSA) is 37.3 Å². The van der Waals surface area contributed by atoms with E-state index in [1.54, 1.807) is 0 Å². The van der Waals surface area contributed by atoms with Gasteiger partial charge in [0.1, 0.15) is 0 Å². The van der Waals surface area contributed by atoms with Gasteiger partial charge in [-0.1, -0.05) is 38.1 Å². The van der Waals surface area contributed by atoms with Crippen molar-refractivity contribution >= 4 is 5.97 Å². The summed E-state index contributed by atoms with van der Waals surface area (Å²) in [6.07, 6.45) is 2.40. The lowest BCUT2D eigenvalue weighted by molar-refractivity contribution is -0.138. The number of benzene rings is 1. The molecule has 0 amide bonds. The number of aliphatic carboxylic acids is 1. The smallest absolute Gasteiger partial charge is 0.303 e. The molecule has 0 radical (unpaired) electrons. The number of carbonyl (C=O) groups is 1. The Hall–Kier alpha value is -1.31. The van der Waals surface area contributed by atoms with Crippen molar-refractivity contribution < 1.29 is 9.90 Å². The van der Waals surface area contributed by atoms with Crippen LogP contribution in [0.15, 0.2) is 24.3 Å². The van der Waals surface area contributed by atoms with Crippen molar-refractivity contribution in [2.45, 2.75) is 44.9 Å². The fourth-order valence-electron chi connectivity index (χ4n) is 2.57. The van der Waals surface area contributed by atoms with Gasteiger partial charge in [0.2, 0.25) is 0 Å². The van der Waals surface area contributed by atoms with E-state index in [0.29, 0.717) is 24.2 Å². The van der Waals surface area contributed by atoms with Gasteiger partial charge < -0.3 is 5.11 Å². The Labute approximate surface area is 103 Å². The van der Waals surface area contributed by atoms with Gasteiger partial charge in [0.05, 0.1) is 0 Å². The quantitative estimate of drug-likeness (QED) is 0.857. The van der Waals surface area contributed by atoms with Crippen LogP contribution in [0.1, 0.15) is 56.1 Å². The first kappa shape index (κ1) is 12.2. The Bertz CT molecular complexity index is 386. The van der Waals surface area contributed by atoms with Gasteiger partial charge in [0.25, 0.3) is 0 Å². The number of carboxylic acid groups (broad SMARTS) is 1. The Morgan fingerprint density at radius 3 is 2.35 bits per heavy atom. The van der Waals surface area contributed by atoms with Crippen molar-refractivity contribution in [2.75, 3.05) is 0 Å². The largest absolute Gasteiger partial charge is 0.481 e. The lowest BCUT2D eigenvalue weighted by Crippen LogP contribution is -2.24. The first-order chi connectivity index (χ1) is 8.06. The highest BCUT2D eigenvalue weighted by atomic mass is 16.4. The fourth-order valence-corrected chi connectivity index (χ4v) is 2.57. The molecule has 1 fully saturated rings. The molecule has 0 aromatic heterocycles. The van der Waals surface area contributed by atoms with Crippen molar-refractivity contribution in [1.29, 1.82) is 0 Å². The third-order valence-electron chi connectivity index (χ3n) is 3.77. The van der Waals surface area contributed by atoms with Gasteiger partial charge in [-0.3, -0.25) is 4.79 Å². The molecule has 0 saturated heterocycles. The van der Waals surface area contributed by atoms with E-state index in [1.165, 1.54) is 11.1 Å². The van der Waals surface area contributed by atoms with Gasteiger partial charge in [0, 0.05) is 6.42 Å². The van der Waals surface area contributed by atoms with Gasteiger partial charge in [-0.05, 0) is 41.7 Å². The molecule has 0 aliphatic heterocycles. The summed E-state index contributed by atoms with van der Waals surface area (Å²) in [5, 5.41) is 8.70. The second-order valence-corrected chi connectivity index (χ2v) is 5.45. The van der Waals surface area contributed by atoms with Crippen molar-refractivity contribution in [3.8, 4) is 0 Å². The second kappa shape index (κ2) is 4.91. The summed E-state index contributed by atoms with van der Waals surface area (Å²) in [6, 6.07) is 8.81. The molecule has 0 unspecified atom stereocenters. The van der Waals surface area contributed by atoms with Gasteiger partial charge >= 0.3 is 5.97 Å². The summed E-state index contributed by atoms with van der Waals surface area (Å²) >= 11 is 0. The number of rotatable bonds is 4. The highest BCUT2D eigenvalue weighted by Crippen LogP contribution is 2.43. The minimum Gasteiger partial charge on any atom is -0.481 e. The van der Waals surface area contributed by atoms with E-state index < -0.39 is 5.97 Å². The molecule has 92 valence electrons. The van der Waals surface area contributed by atoms with Crippen molar-refractivity contribution in [2.24, 2.45) is 5.92 Å². The van der Waals surface area contributed by atoms with Crippen LogP contribution in [0.2, 0.25) is 0 Å². The van der Waals surface area contributed by atoms with Crippen LogP contribution in [0, 0.1) is 5.92 Å². The van der Waals surface area contributed by atoms with Crippen LogP contribution < -0.4 is 0 Å². The Morgan fingerprint density at radius 2 is 1.88 bits per heavy atom. The summed E-state index contributed by atoms with van der Waals surface area (Å²) in [6.45, 7) is 4.39. The maximum atomic E-state index is 10.6. The molecule has 1 aliphatic rings. The molecule has 2 nitrogen and oxygen atoms in total. The van der Waals surface area contributed by atoms with E-state index >= 15 is 0 Å². The Balaban J connectivity index is 1.91. The van der Waals surface area contributed by atoms with Crippen LogP contribution in [-0.4, -0.2) is 11.1 Å². The SMILES string of the molecule is CC(C)c1ccc(C2CC(CC(=O)O)C2)cc1. The lowest BCUT2D eigenvalue weighted by Gasteiger charge is -2.35. The molecule has 0 heterocycles. The highest BCUT2D eigenvalue weighted by Gasteiger charge is 2.31. The molecule has 1 aromatic rings. The zero-order valence-corrected chi connectivity index (χ0v) is 10.5. The zero-order valence-electron chi connectivity index (χ0n) is 10.5. The molecular weight excluding hydrogens is 212 g/mol. The summed E-state index contributed by atoms with van der Waals surface area (Å²) in [5.41, 5.74) is 2.74. The molecular formula is C15H20O2. The van der Waals surface area contributed by atoms with Crippen LogP contribution in [0.5, 0.6) is 0 Å². The molecule has 1 aromatic carbocycles. The standard InChI is InChI=1S/C15H20O2/c1-10(2)12-3-5-13(6-4-12)14-7-11(8-14)9-15(16)17/h3-6,10-11,14H,7-9H2,1-2H3,(H,16,17). The van der Waals surface area contributed by atoms with Gasteiger partial charge in [-0.25, -0.2) is 0 Å². The third-order valence-corrected chi connectivity index (χ3v) is 3.77. The minimum absolute atomic E-state index is 0.334. The van der Waals surface area contributed by atoms with Crippen LogP contribution in [0.3, 0.4) is 0 Å². The second-order valence-electron chi connectivity index (χ2n) is 5.45. The van der Waals surface area contributed by atoms with Crippen LogP contribution >= 0.6 is 0 Å².